The topological polar surface area (TPSA) is 95.6 Å². The Hall–Kier alpha value is -3.36. The number of hydrogen-bond donors (Lipinski definition) is 2. The molecule has 34 heavy (non-hydrogen) atoms. The number of sulfonamides is 1. The molecule has 0 saturated carbocycles. The lowest BCUT2D eigenvalue weighted by molar-refractivity contribution is 0.0944. The van der Waals surface area contributed by atoms with E-state index in [2.05, 4.69) is 10.6 Å². The third kappa shape index (κ3) is 6.59. The van der Waals surface area contributed by atoms with Gasteiger partial charge in [0.1, 0.15) is 0 Å². The Kier molecular flexibility index (Phi) is 7.96. The number of anilines is 2. The largest absolute Gasteiger partial charge is 0.350 e. The van der Waals surface area contributed by atoms with Crippen LogP contribution in [-0.4, -0.2) is 32.5 Å². The Labute approximate surface area is 204 Å². The Morgan fingerprint density at radius 3 is 2.12 bits per heavy atom. The van der Waals surface area contributed by atoms with E-state index in [1.165, 1.54) is 4.31 Å². The molecule has 0 aliphatic rings. The van der Waals surface area contributed by atoms with Crippen LogP contribution in [0.15, 0.2) is 72.8 Å². The van der Waals surface area contributed by atoms with E-state index in [1.807, 2.05) is 13.8 Å². The van der Waals surface area contributed by atoms with Gasteiger partial charge in [-0.05, 0) is 67.9 Å². The van der Waals surface area contributed by atoms with Crippen molar-refractivity contribution in [3.63, 3.8) is 0 Å². The van der Waals surface area contributed by atoms with Crippen LogP contribution in [0.5, 0.6) is 0 Å². The number of benzene rings is 3. The second-order valence-electron chi connectivity index (χ2n) is 8.07. The van der Waals surface area contributed by atoms with Crippen LogP contribution in [-0.2, 0) is 16.6 Å². The first kappa shape index (κ1) is 25.3. The summed E-state index contributed by atoms with van der Waals surface area (Å²) in [4.78, 5) is 25.3. The number of nitrogens with zero attached hydrogens (tertiary/aromatic N) is 1. The summed E-state index contributed by atoms with van der Waals surface area (Å²) in [6.45, 7) is 3.83. The van der Waals surface area contributed by atoms with Gasteiger partial charge in [0.05, 0.1) is 29.7 Å². The molecule has 0 atom stereocenters. The fourth-order valence-electron chi connectivity index (χ4n) is 3.26. The number of carbonyl (C=O) groups is 2. The van der Waals surface area contributed by atoms with Gasteiger partial charge in [0.2, 0.25) is 10.0 Å². The fourth-order valence-corrected chi connectivity index (χ4v) is 4.27. The maximum atomic E-state index is 12.8. The van der Waals surface area contributed by atoms with Crippen molar-refractivity contribution in [3.8, 4) is 0 Å². The number of halogens is 1. The molecule has 0 bridgehead atoms. The van der Waals surface area contributed by atoms with Crippen LogP contribution in [0.3, 0.4) is 0 Å². The normalized spacial score (nSPS) is 11.2. The summed E-state index contributed by atoms with van der Waals surface area (Å²) in [7, 11) is -3.58. The average molecular weight is 500 g/mol. The second kappa shape index (κ2) is 10.7. The minimum Gasteiger partial charge on any atom is -0.350 e. The van der Waals surface area contributed by atoms with Crippen molar-refractivity contribution in [2.75, 3.05) is 15.9 Å². The lowest BCUT2D eigenvalue weighted by Gasteiger charge is -2.23. The van der Waals surface area contributed by atoms with Crippen molar-refractivity contribution in [3.05, 3.63) is 94.5 Å². The van der Waals surface area contributed by atoms with Crippen LogP contribution in [0.2, 0.25) is 5.02 Å². The molecule has 3 aromatic rings. The summed E-state index contributed by atoms with van der Waals surface area (Å²) in [5.74, 6) is -0.702. The predicted octanol–water partition coefficient (Wildman–Crippen LogP) is 4.70. The summed E-state index contributed by atoms with van der Waals surface area (Å²) in [5.41, 5.74) is 2.25. The molecule has 0 aliphatic heterocycles. The van der Waals surface area contributed by atoms with E-state index < -0.39 is 15.9 Å². The zero-order chi connectivity index (χ0) is 24.9. The summed E-state index contributed by atoms with van der Waals surface area (Å²) in [6, 6.07) is 19.8. The van der Waals surface area contributed by atoms with Crippen molar-refractivity contribution in [2.45, 2.75) is 26.4 Å². The predicted molar refractivity (Wildman–Crippen MR) is 136 cm³/mol. The zero-order valence-corrected chi connectivity index (χ0v) is 20.7. The molecule has 0 radical (unpaired) electrons. The number of hydrogen-bond acceptors (Lipinski definition) is 4. The third-order valence-corrected chi connectivity index (χ3v) is 6.29. The van der Waals surface area contributed by atoms with Gasteiger partial charge in [-0.1, -0.05) is 35.9 Å². The number of amides is 2. The molecule has 2 amide bonds. The van der Waals surface area contributed by atoms with Crippen LogP contribution < -0.4 is 14.9 Å². The molecule has 2 N–H and O–H groups in total. The average Bonchev–Trinajstić information content (AvgIpc) is 2.78. The molecule has 0 aliphatic carbocycles. The number of carbonyl (C=O) groups excluding carboxylic acids is 2. The Bertz CT molecular complexity index is 1270. The van der Waals surface area contributed by atoms with E-state index in [-0.39, 0.29) is 18.5 Å². The Morgan fingerprint density at radius 2 is 1.53 bits per heavy atom. The molecule has 0 aromatic heterocycles. The third-order valence-electron chi connectivity index (χ3n) is 4.90. The minimum atomic E-state index is -3.58. The standard InChI is InChI=1S/C25H26ClN3O4S/c1-17(2)27-25(31)22-6-4-5-7-23(22)28-24(30)19-10-14-21(15-11-19)29(34(3,32)33)16-18-8-12-20(26)13-9-18/h4-15,17H,16H2,1-3H3,(H,27,31)(H,28,30). The first-order chi connectivity index (χ1) is 16.0. The van der Waals surface area contributed by atoms with Gasteiger partial charge < -0.3 is 10.6 Å². The smallest absolute Gasteiger partial charge is 0.255 e. The summed E-state index contributed by atoms with van der Waals surface area (Å²) < 4.78 is 26.1. The Balaban J connectivity index is 1.80. The molecule has 178 valence electrons. The summed E-state index contributed by atoms with van der Waals surface area (Å²) in [5, 5.41) is 6.13. The van der Waals surface area contributed by atoms with E-state index in [9.17, 15) is 18.0 Å². The van der Waals surface area contributed by atoms with Crippen molar-refractivity contribution < 1.29 is 18.0 Å². The van der Waals surface area contributed by atoms with Crippen molar-refractivity contribution in [2.24, 2.45) is 0 Å². The molecule has 0 fully saturated rings. The van der Waals surface area contributed by atoms with E-state index in [0.29, 0.717) is 27.5 Å². The SMILES string of the molecule is CC(C)NC(=O)c1ccccc1NC(=O)c1ccc(N(Cc2ccc(Cl)cc2)S(C)(=O)=O)cc1. The first-order valence-electron chi connectivity index (χ1n) is 10.6. The highest BCUT2D eigenvalue weighted by atomic mass is 35.5. The van der Waals surface area contributed by atoms with Crippen molar-refractivity contribution >= 4 is 44.8 Å². The number of para-hydroxylation sites is 1. The monoisotopic (exact) mass is 499 g/mol. The molecular weight excluding hydrogens is 474 g/mol. The van der Waals surface area contributed by atoms with Crippen molar-refractivity contribution in [1.82, 2.24) is 5.32 Å². The molecule has 0 saturated heterocycles. The molecule has 3 rings (SSSR count). The van der Waals surface area contributed by atoms with Gasteiger partial charge in [-0.3, -0.25) is 13.9 Å². The molecule has 3 aromatic carbocycles. The summed E-state index contributed by atoms with van der Waals surface area (Å²) >= 11 is 5.92. The molecular formula is C25H26ClN3O4S. The van der Waals surface area contributed by atoms with E-state index >= 15 is 0 Å². The number of nitrogens with one attached hydrogen (secondary N) is 2. The van der Waals surface area contributed by atoms with E-state index in [0.717, 1.165) is 11.8 Å². The maximum Gasteiger partial charge on any atom is 0.255 e. The van der Waals surface area contributed by atoms with E-state index in [1.54, 1.807) is 72.8 Å². The molecule has 0 spiro atoms. The van der Waals surface area contributed by atoms with Gasteiger partial charge in [-0.15, -0.1) is 0 Å². The molecule has 0 unspecified atom stereocenters. The highest BCUT2D eigenvalue weighted by molar-refractivity contribution is 7.92. The molecule has 0 heterocycles. The Morgan fingerprint density at radius 1 is 0.912 bits per heavy atom. The van der Waals surface area contributed by atoms with Gasteiger partial charge in [-0.25, -0.2) is 8.42 Å². The quantitative estimate of drug-likeness (QED) is 0.469. The maximum absolute atomic E-state index is 12.8. The van der Waals surface area contributed by atoms with Crippen LogP contribution in [0.1, 0.15) is 40.1 Å². The second-order valence-corrected chi connectivity index (χ2v) is 10.4. The van der Waals surface area contributed by atoms with Gasteiger partial charge in [0.25, 0.3) is 11.8 Å². The van der Waals surface area contributed by atoms with Gasteiger partial charge in [-0.2, -0.15) is 0 Å². The van der Waals surface area contributed by atoms with Crippen LogP contribution in [0.25, 0.3) is 0 Å². The highest BCUT2D eigenvalue weighted by Crippen LogP contribution is 2.23. The van der Waals surface area contributed by atoms with Crippen LogP contribution in [0, 0.1) is 0 Å². The first-order valence-corrected chi connectivity index (χ1v) is 12.8. The van der Waals surface area contributed by atoms with E-state index in [4.69, 9.17) is 11.6 Å². The fraction of sp³-hybridized carbons (Fsp3) is 0.200. The zero-order valence-electron chi connectivity index (χ0n) is 19.1. The summed E-state index contributed by atoms with van der Waals surface area (Å²) in [6.07, 6.45) is 1.13. The van der Waals surface area contributed by atoms with Crippen molar-refractivity contribution in [1.29, 1.82) is 0 Å². The van der Waals surface area contributed by atoms with Gasteiger partial charge >= 0.3 is 0 Å². The molecule has 9 heteroatoms. The molecule has 7 nitrogen and oxygen atoms in total. The minimum absolute atomic E-state index is 0.0468. The lowest BCUT2D eigenvalue weighted by Crippen LogP contribution is -2.31. The van der Waals surface area contributed by atoms with Gasteiger partial charge in [0.15, 0.2) is 0 Å². The van der Waals surface area contributed by atoms with Gasteiger partial charge in [0, 0.05) is 16.6 Å². The van der Waals surface area contributed by atoms with Crippen LogP contribution >= 0.6 is 11.6 Å². The number of rotatable bonds is 8. The highest BCUT2D eigenvalue weighted by Gasteiger charge is 2.19. The van der Waals surface area contributed by atoms with Crippen LogP contribution in [0.4, 0.5) is 11.4 Å². The lowest BCUT2D eigenvalue weighted by atomic mass is 10.1.